The van der Waals surface area contributed by atoms with Gasteiger partial charge in [0.05, 0.1) is 6.61 Å². The van der Waals surface area contributed by atoms with Gasteiger partial charge in [-0.3, -0.25) is 0 Å². The standard InChI is InChI=1S/C21H27NO2/c23-21(19-11-4-1-5-12-19,20-13-6-2-7-14-20)24-18-10-17-22-15-8-3-9-16-22/h1-2,4-7,11-14,23H,3,8-10,15-18H2. The van der Waals surface area contributed by atoms with Gasteiger partial charge in [0, 0.05) is 17.7 Å². The van der Waals surface area contributed by atoms with Gasteiger partial charge in [-0.1, -0.05) is 67.1 Å². The number of piperidine rings is 1. The molecule has 0 radical (unpaired) electrons. The summed E-state index contributed by atoms with van der Waals surface area (Å²) in [6.07, 6.45) is 4.90. The van der Waals surface area contributed by atoms with Crippen LogP contribution in [0.3, 0.4) is 0 Å². The van der Waals surface area contributed by atoms with Crippen LogP contribution in [0.15, 0.2) is 60.7 Å². The molecule has 24 heavy (non-hydrogen) atoms. The molecule has 1 saturated heterocycles. The molecule has 0 aliphatic carbocycles. The van der Waals surface area contributed by atoms with Gasteiger partial charge in [0.1, 0.15) is 0 Å². The van der Waals surface area contributed by atoms with Crippen LogP contribution in [0.2, 0.25) is 0 Å². The van der Waals surface area contributed by atoms with Crippen molar-refractivity contribution in [3.05, 3.63) is 71.8 Å². The fourth-order valence-corrected chi connectivity index (χ4v) is 3.35. The van der Waals surface area contributed by atoms with Gasteiger partial charge in [0.2, 0.25) is 5.79 Å². The largest absolute Gasteiger partial charge is 0.358 e. The first-order valence-corrected chi connectivity index (χ1v) is 8.99. The molecule has 1 fully saturated rings. The highest BCUT2D eigenvalue weighted by atomic mass is 16.6. The first kappa shape index (κ1) is 17.2. The lowest BCUT2D eigenvalue weighted by atomic mass is 9.97. The smallest absolute Gasteiger partial charge is 0.219 e. The predicted molar refractivity (Wildman–Crippen MR) is 96.7 cm³/mol. The molecule has 3 heteroatoms. The Morgan fingerprint density at radius 3 is 1.92 bits per heavy atom. The normalized spacial score (nSPS) is 16.2. The maximum atomic E-state index is 11.3. The maximum absolute atomic E-state index is 11.3. The summed E-state index contributed by atoms with van der Waals surface area (Å²) in [5, 5.41) is 11.3. The third-order valence-corrected chi connectivity index (χ3v) is 4.71. The molecule has 128 valence electrons. The Morgan fingerprint density at radius 2 is 1.38 bits per heavy atom. The van der Waals surface area contributed by atoms with Crippen LogP contribution < -0.4 is 0 Å². The Kier molecular flexibility index (Phi) is 6.02. The molecule has 0 saturated carbocycles. The Bertz CT molecular complexity index is 554. The minimum atomic E-state index is -1.38. The third-order valence-electron chi connectivity index (χ3n) is 4.71. The van der Waals surface area contributed by atoms with E-state index in [1.165, 1.54) is 32.4 Å². The molecule has 3 rings (SSSR count). The number of rotatable bonds is 7. The number of hydrogen-bond donors (Lipinski definition) is 1. The molecule has 1 heterocycles. The molecular weight excluding hydrogens is 298 g/mol. The lowest BCUT2D eigenvalue weighted by Gasteiger charge is -2.30. The first-order valence-electron chi connectivity index (χ1n) is 8.99. The van der Waals surface area contributed by atoms with Crippen LogP contribution in [0.25, 0.3) is 0 Å². The minimum absolute atomic E-state index is 0.538. The number of aliphatic hydroxyl groups is 1. The second-order valence-electron chi connectivity index (χ2n) is 6.48. The van der Waals surface area contributed by atoms with Crippen molar-refractivity contribution < 1.29 is 9.84 Å². The Morgan fingerprint density at radius 1 is 0.833 bits per heavy atom. The van der Waals surface area contributed by atoms with Crippen molar-refractivity contribution >= 4 is 0 Å². The van der Waals surface area contributed by atoms with E-state index in [-0.39, 0.29) is 0 Å². The van der Waals surface area contributed by atoms with E-state index in [2.05, 4.69) is 4.90 Å². The van der Waals surface area contributed by atoms with Crippen LogP contribution in [-0.4, -0.2) is 36.2 Å². The molecule has 0 amide bonds. The number of benzene rings is 2. The SMILES string of the molecule is OC(OCCCN1CCCCC1)(c1ccccc1)c1ccccc1. The molecule has 3 nitrogen and oxygen atoms in total. The van der Waals surface area contributed by atoms with Crippen molar-refractivity contribution in [3.63, 3.8) is 0 Å². The molecular formula is C21H27NO2. The molecule has 1 aliphatic rings. The highest BCUT2D eigenvalue weighted by Gasteiger charge is 2.32. The van der Waals surface area contributed by atoms with E-state index in [1.807, 2.05) is 60.7 Å². The summed E-state index contributed by atoms with van der Waals surface area (Å²) >= 11 is 0. The number of hydrogen-bond acceptors (Lipinski definition) is 3. The first-order chi connectivity index (χ1) is 11.8. The maximum Gasteiger partial charge on any atom is 0.219 e. The Labute approximate surface area is 144 Å². The average molecular weight is 325 g/mol. The number of likely N-dealkylation sites (tertiary alicyclic amines) is 1. The van der Waals surface area contributed by atoms with Crippen molar-refractivity contribution in [2.45, 2.75) is 31.5 Å². The lowest BCUT2D eigenvalue weighted by molar-refractivity contribution is -0.181. The van der Waals surface area contributed by atoms with Gasteiger partial charge in [-0.15, -0.1) is 0 Å². The summed E-state index contributed by atoms with van der Waals surface area (Å²) in [7, 11) is 0. The van der Waals surface area contributed by atoms with Crippen LogP contribution >= 0.6 is 0 Å². The Balaban J connectivity index is 1.65. The summed E-state index contributed by atoms with van der Waals surface area (Å²) in [5.74, 6) is -1.38. The molecule has 2 aromatic carbocycles. The zero-order valence-corrected chi connectivity index (χ0v) is 14.2. The highest BCUT2D eigenvalue weighted by molar-refractivity contribution is 5.33. The molecule has 1 aliphatic heterocycles. The van der Waals surface area contributed by atoms with E-state index in [4.69, 9.17) is 4.74 Å². The molecule has 0 spiro atoms. The van der Waals surface area contributed by atoms with E-state index in [1.54, 1.807) is 0 Å². The second kappa shape index (κ2) is 8.43. The third kappa shape index (κ3) is 4.23. The van der Waals surface area contributed by atoms with E-state index < -0.39 is 5.79 Å². The van der Waals surface area contributed by atoms with Crippen molar-refractivity contribution in [1.82, 2.24) is 4.90 Å². The van der Waals surface area contributed by atoms with E-state index in [0.717, 1.165) is 24.1 Å². The fourth-order valence-electron chi connectivity index (χ4n) is 3.35. The van der Waals surface area contributed by atoms with Gasteiger partial charge in [0.25, 0.3) is 0 Å². The second-order valence-corrected chi connectivity index (χ2v) is 6.48. The minimum Gasteiger partial charge on any atom is -0.358 e. The molecule has 0 aromatic heterocycles. The van der Waals surface area contributed by atoms with E-state index >= 15 is 0 Å². The topological polar surface area (TPSA) is 32.7 Å². The van der Waals surface area contributed by atoms with Gasteiger partial charge in [0.15, 0.2) is 0 Å². The zero-order valence-electron chi connectivity index (χ0n) is 14.2. The van der Waals surface area contributed by atoms with Gasteiger partial charge in [-0.25, -0.2) is 0 Å². The molecule has 0 unspecified atom stereocenters. The molecule has 1 N–H and O–H groups in total. The summed E-state index contributed by atoms with van der Waals surface area (Å²) in [6.45, 7) is 3.97. The monoisotopic (exact) mass is 325 g/mol. The van der Waals surface area contributed by atoms with Gasteiger partial charge >= 0.3 is 0 Å². The zero-order chi connectivity index (χ0) is 16.7. The van der Waals surface area contributed by atoms with Crippen molar-refractivity contribution in [3.8, 4) is 0 Å². The van der Waals surface area contributed by atoms with Gasteiger partial charge < -0.3 is 14.7 Å². The molecule has 0 atom stereocenters. The van der Waals surface area contributed by atoms with Crippen molar-refractivity contribution in [2.75, 3.05) is 26.2 Å². The predicted octanol–water partition coefficient (Wildman–Crippen LogP) is 3.77. The van der Waals surface area contributed by atoms with E-state index in [0.29, 0.717) is 6.61 Å². The van der Waals surface area contributed by atoms with Crippen LogP contribution in [0.4, 0.5) is 0 Å². The van der Waals surface area contributed by atoms with Crippen molar-refractivity contribution in [2.24, 2.45) is 0 Å². The fraction of sp³-hybridized carbons (Fsp3) is 0.429. The Hall–Kier alpha value is -1.68. The van der Waals surface area contributed by atoms with Crippen LogP contribution in [0.5, 0.6) is 0 Å². The lowest BCUT2D eigenvalue weighted by Crippen LogP contribution is -2.34. The van der Waals surface area contributed by atoms with Gasteiger partial charge in [-0.2, -0.15) is 0 Å². The van der Waals surface area contributed by atoms with Gasteiger partial charge in [-0.05, 0) is 32.4 Å². The van der Waals surface area contributed by atoms with Crippen LogP contribution in [0.1, 0.15) is 36.8 Å². The quantitative estimate of drug-likeness (QED) is 0.621. The molecule has 0 bridgehead atoms. The summed E-state index contributed by atoms with van der Waals surface area (Å²) in [4.78, 5) is 2.50. The number of ether oxygens (including phenoxy) is 1. The van der Waals surface area contributed by atoms with Crippen LogP contribution in [-0.2, 0) is 10.5 Å². The van der Waals surface area contributed by atoms with Crippen LogP contribution in [0, 0.1) is 0 Å². The summed E-state index contributed by atoms with van der Waals surface area (Å²) < 4.78 is 6.02. The van der Waals surface area contributed by atoms with Crippen molar-refractivity contribution in [1.29, 1.82) is 0 Å². The number of nitrogens with zero attached hydrogens (tertiary/aromatic N) is 1. The molecule has 2 aromatic rings. The van der Waals surface area contributed by atoms with E-state index in [9.17, 15) is 5.11 Å². The highest BCUT2D eigenvalue weighted by Crippen LogP contribution is 2.30. The summed E-state index contributed by atoms with van der Waals surface area (Å²) in [5.41, 5.74) is 1.54. The summed E-state index contributed by atoms with van der Waals surface area (Å²) in [6, 6.07) is 19.3. The average Bonchev–Trinajstić information content (AvgIpc) is 2.67.